The molecular weight excluding hydrogens is 1450 g/mol. The number of benzene rings is 1. The minimum atomic E-state index is -1.57. The van der Waals surface area contributed by atoms with Crippen LogP contribution in [-0.4, -0.2) is 128 Å². The van der Waals surface area contributed by atoms with E-state index in [9.17, 15) is 0 Å². The fourth-order valence-corrected chi connectivity index (χ4v) is 25.1. The fourth-order valence-electron chi connectivity index (χ4n) is 13.0. The van der Waals surface area contributed by atoms with Gasteiger partial charge in [0.05, 0.1) is 72.7 Å². The number of hydrogen-bond acceptors (Lipinski definition) is 9. The lowest BCUT2D eigenvalue weighted by atomic mass is 9.63. The lowest BCUT2D eigenvalue weighted by molar-refractivity contribution is 0.303. The van der Waals surface area contributed by atoms with Crippen molar-refractivity contribution in [2.45, 2.75) is 304 Å². The first-order valence-electron chi connectivity index (χ1n) is 33.7. The first-order chi connectivity index (χ1) is 37.2. The molecule has 1 aromatic carbocycles. The minimum absolute atomic E-state index is 0. The molecule has 0 saturated carbocycles. The summed E-state index contributed by atoms with van der Waals surface area (Å²) in [5.41, 5.74) is 65.1. The Hall–Kier alpha value is 3.42. The van der Waals surface area contributed by atoms with Crippen LogP contribution in [0.4, 0.5) is 0 Å². The van der Waals surface area contributed by atoms with Gasteiger partial charge in [-0.3, -0.25) is 0 Å². The van der Waals surface area contributed by atoms with E-state index in [0.29, 0.717) is 0 Å². The summed E-state index contributed by atoms with van der Waals surface area (Å²) < 4.78 is 0. The second-order valence-electron chi connectivity index (χ2n) is 34.6. The molecule has 0 radical (unpaired) electrons. The minimum Gasteiger partial charge on any atom is -0.333 e. The topological polar surface area (TPSA) is 234 Å². The maximum atomic E-state index is 6.66. The van der Waals surface area contributed by atoms with Gasteiger partial charge in [-0.15, -0.1) is 112 Å². The largest absolute Gasteiger partial charge is 0.333 e. The van der Waals surface area contributed by atoms with Gasteiger partial charge >= 0.3 is 0 Å². The zero-order chi connectivity index (χ0) is 62.3. The van der Waals surface area contributed by atoms with Crippen LogP contribution in [0.5, 0.6) is 0 Å². The Morgan fingerprint density at radius 3 is 0.367 bits per heavy atom. The van der Waals surface area contributed by atoms with Crippen molar-refractivity contribution in [2.75, 3.05) is 55.5 Å². The molecule has 0 spiro atoms. The average Bonchev–Trinajstić information content (AvgIpc) is 3.39. The maximum Gasteiger partial charge on any atom is 0.0623 e. The van der Waals surface area contributed by atoms with E-state index in [-0.39, 0.29) is 128 Å². The summed E-state index contributed by atoms with van der Waals surface area (Å²) in [4.78, 5) is 0. The molecule has 1 aromatic rings. The lowest BCUT2D eigenvalue weighted by Gasteiger charge is -2.44. The predicted octanol–water partition coefficient (Wildman–Crippen LogP) is 18.1. The average molecular weight is 1610 g/mol. The Morgan fingerprint density at radius 2 is 0.289 bits per heavy atom. The fraction of sp³-hybridized carbons (Fsp3) is 0.905. The van der Waals surface area contributed by atoms with Crippen LogP contribution in [-0.2, 0) is 16.2 Å². The molecule has 27 heteroatoms. The van der Waals surface area contributed by atoms with Crippen molar-refractivity contribution in [1.82, 2.24) is 0 Å². The van der Waals surface area contributed by atoms with Crippen molar-refractivity contribution in [3.63, 3.8) is 0 Å². The molecule has 9 nitrogen and oxygen atoms in total. The lowest BCUT2D eigenvalue weighted by Crippen LogP contribution is -2.40. The summed E-state index contributed by atoms with van der Waals surface area (Å²) in [6, 6.07) is 20.4. The van der Waals surface area contributed by atoms with Crippen molar-refractivity contribution >= 4 is 184 Å². The molecule has 0 aliphatic heterocycles. The predicted molar refractivity (Wildman–Crippen MR) is 462 cm³/mol. The quantitative estimate of drug-likeness (QED) is 0.0282. The second kappa shape index (κ2) is 50.7. The molecule has 90 heavy (non-hydrogen) atoms. The normalized spacial score (nSPS) is 13.0. The molecule has 0 saturated heterocycles. The van der Waals surface area contributed by atoms with E-state index in [1.807, 2.05) is 0 Å². The summed E-state index contributed by atoms with van der Waals surface area (Å²) in [5, 5.41) is 0. The Bertz CT molecular complexity index is 1550. The smallest absolute Gasteiger partial charge is 0.0623 e. The Balaban J connectivity index is -0.00000104. The maximum absolute atomic E-state index is 6.66. The molecule has 0 aromatic heterocycles. The van der Waals surface area contributed by atoms with Crippen LogP contribution in [0.2, 0.25) is 172 Å². The van der Waals surface area contributed by atoms with Gasteiger partial charge in [-0.2, -0.15) is 0 Å². The van der Waals surface area contributed by atoms with Gasteiger partial charge in [0.15, 0.2) is 0 Å². The first kappa shape index (κ1) is 112. The molecule has 1 rings (SSSR count). The van der Waals surface area contributed by atoms with Gasteiger partial charge in [-0.25, -0.2) is 0 Å². The van der Waals surface area contributed by atoms with Gasteiger partial charge in [0.2, 0.25) is 0 Å². The van der Waals surface area contributed by atoms with Gasteiger partial charge in [0, 0.05) is 0 Å². The van der Waals surface area contributed by atoms with Crippen molar-refractivity contribution in [3.8, 4) is 0 Å². The monoisotopic (exact) mass is 1610 g/mol. The Kier molecular flexibility index (Phi) is 63.1. The third-order valence-corrected chi connectivity index (χ3v) is 46.6. The van der Waals surface area contributed by atoms with Gasteiger partial charge in [0.1, 0.15) is 0 Å². The summed E-state index contributed by atoms with van der Waals surface area (Å²) >= 11 is 0. The summed E-state index contributed by atoms with van der Waals surface area (Å²) in [7, 11) is -14.1. The van der Waals surface area contributed by atoms with E-state index >= 15 is 0 Å². The number of halogens is 9. The molecule has 0 amide bonds. The van der Waals surface area contributed by atoms with E-state index in [2.05, 4.69) is 136 Å². The summed E-state index contributed by atoms with van der Waals surface area (Å²) in [6.07, 6.45) is 29.9. The van der Waals surface area contributed by atoms with Gasteiger partial charge in [-0.1, -0.05) is 248 Å². The van der Waals surface area contributed by atoms with Crippen molar-refractivity contribution in [1.29, 1.82) is 0 Å². The molecule has 0 aliphatic carbocycles. The van der Waals surface area contributed by atoms with Gasteiger partial charge in [0.25, 0.3) is 0 Å². The molecule has 0 heterocycles. The third-order valence-electron chi connectivity index (χ3n) is 21.3. The van der Waals surface area contributed by atoms with Crippen LogP contribution in [0.3, 0.4) is 0 Å². The molecular formula is C63H156Cl9N9Si9. The van der Waals surface area contributed by atoms with Gasteiger partial charge < -0.3 is 51.6 Å². The highest BCUT2D eigenvalue weighted by atomic mass is 35.5. The highest BCUT2D eigenvalue weighted by molar-refractivity contribution is 6.80. The molecule has 0 aliphatic rings. The van der Waals surface area contributed by atoms with Crippen LogP contribution in [0.15, 0.2) is 18.2 Å². The van der Waals surface area contributed by atoms with Crippen LogP contribution < -0.4 is 51.6 Å². The van der Waals surface area contributed by atoms with Crippen molar-refractivity contribution < 1.29 is 0 Å². The van der Waals surface area contributed by atoms with Crippen LogP contribution in [0.1, 0.15) is 132 Å². The van der Waals surface area contributed by atoms with E-state index in [1.165, 1.54) is 170 Å². The zero-order valence-electron chi connectivity index (χ0n) is 61.6. The van der Waals surface area contributed by atoms with E-state index in [4.69, 9.17) is 51.6 Å². The molecule has 0 atom stereocenters. The first-order valence-corrected chi connectivity index (χ1v) is 64.4. The second-order valence-corrected chi connectivity index (χ2v) is 81.8. The number of hydrogen-bond donors (Lipinski definition) is 9. The van der Waals surface area contributed by atoms with Gasteiger partial charge in [-0.05, 0) is 146 Å². The molecule has 0 bridgehead atoms. The van der Waals surface area contributed by atoms with Crippen molar-refractivity contribution in [3.05, 3.63) is 34.9 Å². The molecule has 552 valence electrons. The molecule has 18 N–H and O–H groups in total. The summed E-state index contributed by atoms with van der Waals surface area (Å²) in [5.74, 6) is 0. The van der Waals surface area contributed by atoms with Crippen molar-refractivity contribution in [2.24, 2.45) is 51.6 Å². The number of nitrogens with two attached hydrogens (primary N) is 9. The van der Waals surface area contributed by atoms with Crippen LogP contribution >= 0.6 is 112 Å². The number of rotatable bonds is 48. The zero-order valence-corrected chi connectivity index (χ0v) is 77.9. The Morgan fingerprint density at radius 1 is 0.200 bits per heavy atom. The SMILES string of the molecule is C[Si](C)(CN)CCCC(CCC[Si](C)(C)CN)(CCC[Si](C)(C)CN)c1cc(C(CCC[Si](C)(C)CN)(CCC[Si](C)(C)CN)CCC[Si](C)(C)CN)cc(C(CCC[Si](C)(C)CN)(CCC[Si](C)(C)CN)CCC[Si](C)(C)CN)c1.Cl.Cl.Cl.Cl.Cl.Cl.Cl.Cl.Cl. The summed E-state index contributed by atoms with van der Waals surface area (Å²) in [6.45, 7) is 45.7. The third kappa shape index (κ3) is 42.6. The van der Waals surface area contributed by atoms with E-state index < -0.39 is 72.7 Å². The Labute approximate surface area is 624 Å². The van der Waals surface area contributed by atoms with Crippen LogP contribution in [0.25, 0.3) is 0 Å². The standard InChI is InChI=1S/C63H147N9Si9.9ClH/c1-73(2,49-64)37-19-28-61(29-20-38-74(3,4)50-65,30-21-39-75(5,6)51-66)58-46-59(62(31-22-40-76(7,8)52-67,32-23-41-77(9,10)53-68)33-24-42-78(11,12)54-69)48-60(47-58)63(34-25-43-79(13,14)55-70,35-26-44-80(15,16)56-71)36-27-45-81(17,18)57-72;;;;;;;;;/h46-48H,19-45,49-57,64-72H2,1-18H3;9*1H. The highest BCUT2D eigenvalue weighted by Gasteiger charge is 2.42. The molecule has 0 unspecified atom stereocenters. The van der Waals surface area contributed by atoms with Crippen LogP contribution in [0, 0.1) is 0 Å². The van der Waals surface area contributed by atoms with E-state index in [1.54, 1.807) is 16.7 Å². The van der Waals surface area contributed by atoms with E-state index in [0.717, 1.165) is 55.5 Å². The highest BCUT2D eigenvalue weighted by Crippen LogP contribution is 2.51. The molecule has 0 fully saturated rings.